The predicted octanol–water partition coefficient (Wildman–Crippen LogP) is 1.63. The van der Waals surface area contributed by atoms with Crippen LogP contribution < -0.4 is 5.73 Å². The van der Waals surface area contributed by atoms with Gasteiger partial charge in [0.05, 0.1) is 0 Å². The van der Waals surface area contributed by atoms with Gasteiger partial charge in [-0.3, -0.25) is 0 Å². The normalized spacial score (nSPS) is 11.3. The van der Waals surface area contributed by atoms with Gasteiger partial charge in [-0.05, 0) is 12.5 Å². The molecule has 0 aromatic heterocycles. The van der Waals surface area contributed by atoms with Gasteiger partial charge in [-0.25, -0.2) is 0 Å². The molecule has 0 aliphatic rings. The van der Waals surface area contributed by atoms with Crippen molar-refractivity contribution in [1.29, 1.82) is 0 Å². The lowest BCUT2D eigenvalue weighted by Gasteiger charge is -1.87. The zero-order chi connectivity index (χ0) is 7.11. The van der Waals surface area contributed by atoms with Crippen LogP contribution in [0, 0.1) is 0 Å². The Balaban J connectivity index is 3.57. The van der Waals surface area contributed by atoms with Crippen molar-refractivity contribution in [2.45, 2.75) is 6.92 Å². The fraction of sp³-hybridized carbons (Fsp3) is 0.250. The Morgan fingerprint density at radius 3 is 2.67 bits per heavy atom. The zero-order valence-corrected chi connectivity index (χ0v) is 5.80. The predicted molar refractivity (Wildman–Crippen MR) is 42.1 cm³/mol. The van der Waals surface area contributed by atoms with Crippen molar-refractivity contribution >= 4 is 0 Å². The summed E-state index contributed by atoms with van der Waals surface area (Å²) in [5.41, 5.74) is 6.23. The second-order valence-corrected chi connectivity index (χ2v) is 1.75. The second-order valence-electron chi connectivity index (χ2n) is 1.75. The Bertz CT molecular complexity index is 132. The molecule has 0 rings (SSSR count). The van der Waals surface area contributed by atoms with E-state index in [1.807, 2.05) is 31.2 Å². The van der Waals surface area contributed by atoms with E-state index in [9.17, 15) is 0 Å². The SMILES string of the molecule is C=C(/C=C\C=C/C)CN. The molecule has 0 atom stereocenters. The quantitative estimate of drug-likeness (QED) is 0.567. The van der Waals surface area contributed by atoms with Gasteiger partial charge in [0.25, 0.3) is 0 Å². The average molecular weight is 123 g/mol. The summed E-state index contributed by atoms with van der Waals surface area (Å²) in [6.07, 6.45) is 7.73. The molecular weight excluding hydrogens is 110 g/mol. The minimum Gasteiger partial charge on any atom is -0.327 e. The largest absolute Gasteiger partial charge is 0.327 e. The minimum absolute atomic E-state index is 0.536. The van der Waals surface area contributed by atoms with Gasteiger partial charge in [0.15, 0.2) is 0 Å². The molecule has 0 radical (unpaired) electrons. The molecule has 0 spiro atoms. The summed E-state index contributed by atoms with van der Waals surface area (Å²) in [7, 11) is 0. The second kappa shape index (κ2) is 5.32. The van der Waals surface area contributed by atoms with Crippen LogP contribution in [0.1, 0.15) is 6.92 Å². The zero-order valence-electron chi connectivity index (χ0n) is 5.80. The van der Waals surface area contributed by atoms with Crippen LogP contribution in [-0.4, -0.2) is 6.54 Å². The van der Waals surface area contributed by atoms with Crippen LogP contribution in [-0.2, 0) is 0 Å². The summed E-state index contributed by atoms with van der Waals surface area (Å²) in [6, 6.07) is 0. The summed E-state index contributed by atoms with van der Waals surface area (Å²) in [4.78, 5) is 0. The van der Waals surface area contributed by atoms with Crippen LogP contribution in [0.15, 0.2) is 36.5 Å². The third-order valence-electron chi connectivity index (χ3n) is 0.898. The third kappa shape index (κ3) is 5.04. The van der Waals surface area contributed by atoms with Crippen LogP contribution in [0.3, 0.4) is 0 Å². The van der Waals surface area contributed by atoms with Gasteiger partial charge >= 0.3 is 0 Å². The van der Waals surface area contributed by atoms with Gasteiger partial charge in [0, 0.05) is 6.54 Å². The first kappa shape index (κ1) is 8.18. The average Bonchev–Trinajstić information content (AvgIpc) is 1.89. The molecule has 0 heterocycles. The molecule has 0 aliphatic carbocycles. The van der Waals surface area contributed by atoms with Gasteiger partial charge in [0.1, 0.15) is 0 Å². The van der Waals surface area contributed by atoms with E-state index in [1.165, 1.54) is 0 Å². The summed E-state index contributed by atoms with van der Waals surface area (Å²) >= 11 is 0. The number of hydrogen-bond acceptors (Lipinski definition) is 1. The van der Waals surface area contributed by atoms with Crippen LogP contribution in [0.2, 0.25) is 0 Å². The molecule has 50 valence electrons. The Hall–Kier alpha value is -0.820. The molecule has 0 saturated heterocycles. The minimum atomic E-state index is 0.536. The highest BCUT2D eigenvalue weighted by atomic mass is 14.5. The molecule has 0 bridgehead atoms. The number of nitrogens with two attached hydrogens (primary N) is 1. The van der Waals surface area contributed by atoms with E-state index in [-0.39, 0.29) is 0 Å². The summed E-state index contributed by atoms with van der Waals surface area (Å²) in [5, 5.41) is 0. The molecule has 0 unspecified atom stereocenters. The van der Waals surface area contributed by atoms with Crippen molar-refractivity contribution in [3.8, 4) is 0 Å². The molecule has 0 saturated carbocycles. The highest BCUT2D eigenvalue weighted by molar-refractivity contribution is 5.19. The maximum Gasteiger partial charge on any atom is 0.0172 e. The lowest BCUT2D eigenvalue weighted by Crippen LogP contribution is -1.98. The topological polar surface area (TPSA) is 26.0 Å². The third-order valence-corrected chi connectivity index (χ3v) is 0.898. The first-order valence-corrected chi connectivity index (χ1v) is 2.98. The summed E-state index contributed by atoms with van der Waals surface area (Å²) < 4.78 is 0. The molecule has 9 heavy (non-hydrogen) atoms. The first-order chi connectivity index (χ1) is 4.31. The maximum absolute atomic E-state index is 5.28. The van der Waals surface area contributed by atoms with Crippen molar-refractivity contribution in [1.82, 2.24) is 0 Å². The van der Waals surface area contributed by atoms with E-state index < -0.39 is 0 Å². The smallest absolute Gasteiger partial charge is 0.0172 e. The van der Waals surface area contributed by atoms with E-state index in [4.69, 9.17) is 5.73 Å². The number of hydrogen-bond donors (Lipinski definition) is 1. The maximum atomic E-state index is 5.28. The van der Waals surface area contributed by atoms with Crippen LogP contribution in [0.5, 0.6) is 0 Å². The lowest BCUT2D eigenvalue weighted by molar-refractivity contribution is 1.20. The Kier molecular flexibility index (Phi) is 4.83. The molecule has 0 aliphatic heterocycles. The number of allylic oxidation sites excluding steroid dienone is 3. The van der Waals surface area contributed by atoms with Gasteiger partial charge < -0.3 is 5.73 Å². The van der Waals surface area contributed by atoms with Crippen molar-refractivity contribution in [2.75, 3.05) is 6.54 Å². The first-order valence-electron chi connectivity index (χ1n) is 2.98. The van der Waals surface area contributed by atoms with E-state index in [0.29, 0.717) is 6.54 Å². The Morgan fingerprint density at radius 1 is 1.56 bits per heavy atom. The van der Waals surface area contributed by atoms with Crippen LogP contribution >= 0.6 is 0 Å². The molecule has 2 N–H and O–H groups in total. The van der Waals surface area contributed by atoms with Crippen molar-refractivity contribution in [3.63, 3.8) is 0 Å². The van der Waals surface area contributed by atoms with Gasteiger partial charge in [-0.2, -0.15) is 0 Å². The monoisotopic (exact) mass is 123 g/mol. The fourth-order valence-electron chi connectivity index (χ4n) is 0.371. The van der Waals surface area contributed by atoms with Crippen LogP contribution in [0.4, 0.5) is 0 Å². The van der Waals surface area contributed by atoms with Crippen molar-refractivity contribution < 1.29 is 0 Å². The molecular formula is C8H13N. The molecule has 1 heteroatoms. The number of rotatable bonds is 3. The van der Waals surface area contributed by atoms with E-state index in [2.05, 4.69) is 6.58 Å². The lowest BCUT2D eigenvalue weighted by atomic mass is 10.3. The van der Waals surface area contributed by atoms with Gasteiger partial charge in [-0.15, -0.1) is 0 Å². The highest BCUT2D eigenvalue weighted by Crippen LogP contribution is 1.88. The van der Waals surface area contributed by atoms with Gasteiger partial charge in [-0.1, -0.05) is 30.9 Å². The van der Waals surface area contributed by atoms with Crippen LogP contribution in [0.25, 0.3) is 0 Å². The Morgan fingerprint density at radius 2 is 2.22 bits per heavy atom. The van der Waals surface area contributed by atoms with Crippen molar-refractivity contribution in [3.05, 3.63) is 36.5 Å². The summed E-state index contributed by atoms with van der Waals surface area (Å²) in [5.74, 6) is 0. The molecule has 0 amide bonds. The summed E-state index contributed by atoms with van der Waals surface area (Å²) in [6.45, 7) is 6.20. The van der Waals surface area contributed by atoms with E-state index in [0.717, 1.165) is 5.57 Å². The standard InChI is InChI=1S/C8H13N/c1-3-4-5-6-8(2)7-9/h3-6H,2,7,9H2,1H3/b4-3-,6-5-. The van der Waals surface area contributed by atoms with Crippen molar-refractivity contribution in [2.24, 2.45) is 5.73 Å². The molecule has 0 fully saturated rings. The highest BCUT2D eigenvalue weighted by Gasteiger charge is 1.76. The van der Waals surface area contributed by atoms with Gasteiger partial charge in [0.2, 0.25) is 0 Å². The van der Waals surface area contributed by atoms with E-state index >= 15 is 0 Å². The molecule has 0 aromatic rings. The molecule has 1 nitrogen and oxygen atoms in total. The fourth-order valence-corrected chi connectivity index (χ4v) is 0.371. The Labute approximate surface area is 56.6 Å². The molecule has 0 aromatic carbocycles. The van der Waals surface area contributed by atoms with E-state index in [1.54, 1.807) is 0 Å².